The minimum absolute atomic E-state index is 0.0454. The van der Waals surface area contributed by atoms with E-state index in [2.05, 4.69) is 21.2 Å². The second-order valence-corrected chi connectivity index (χ2v) is 6.37. The van der Waals surface area contributed by atoms with Crippen molar-refractivity contribution in [1.29, 1.82) is 0 Å². The van der Waals surface area contributed by atoms with Crippen molar-refractivity contribution in [3.63, 3.8) is 0 Å². The Morgan fingerprint density at radius 2 is 1.75 bits per heavy atom. The molecule has 24 heavy (non-hydrogen) atoms. The van der Waals surface area contributed by atoms with Crippen molar-refractivity contribution in [3.05, 3.63) is 52.9 Å². The summed E-state index contributed by atoms with van der Waals surface area (Å²) in [6.07, 6.45) is 0. The second-order valence-electron chi connectivity index (χ2n) is 5.59. The minimum atomic E-state index is -0.117. The van der Waals surface area contributed by atoms with E-state index in [4.69, 9.17) is 4.42 Å². The van der Waals surface area contributed by atoms with Gasteiger partial charge in [-0.15, -0.1) is 0 Å². The molecule has 6 nitrogen and oxygen atoms in total. The highest BCUT2D eigenvalue weighted by Gasteiger charge is 2.25. The van der Waals surface area contributed by atoms with E-state index in [-0.39, 0.29) is 11.8 Å². The van der Waals surface area contributed by atoms with E-state index in [1.54, 1.807) is 17.0 Å². The number of hydrogen-bond acceptors (Lipinski definition) is 4. The summed E-state index contributed by atoms with van der Waals surface area (Å²) in [5.74, 6) is 0.169. The van der Waals surface area contributed by atoms with E-state index in [1.165, 1.54) is 0 Å². The molecule has 1 aliphatic rings. The van der Waals surface area contributed by atoms with Crippen LogP contribution in [0, 0.1) is 0 Å². The Morgan fingerprint density at radius 1 is 1.04 bits per heavy atom. The van der Waals surface area contributed by atoms with E-state index in [9.17, 15) is 9.59 Å². The van der Waals surface area contributed by atoms with E-state index in [0.29, 0.717) is 43.2 Å². The number of piperazine rings is 1. The number of benzene rings is 1. The van der Waals surface area contributed by atoms with Gasteiger partial charge in [0.2, 0.25) is 5.91 Å². The fourth-order valence-corrected chi connectivity index (χ4v) is 2.93. The molecule has 1 saturated heterocycles. The number of furan rings is 1. The summed E-state index contributed by atoms with van der Waals surface area (Å²) in [6, 6.07) is 12.7. The van der Waals surface area contributed by atoms with Gasteiger partial charge in [0.05, 0.1) is 6.54 Å². The molecule has 126 valence electrons. The predicted molar refractivity (Wildman–Crippen MR) is 93.8 cm³/mol. The molecule has 1 N–H and O–H groups in total. The fourth-order valence-electron chi connectivity index (χ4n) is 2.62. The smallest absolute Gasteiger partial charge is 0.289 e. The first-order valence-electron chi connectivity index (χ1n) is 7.74. The van der Waals surface area contributed by atoms with Crippen LogP contribution in [0.15, 0.2) is 51.6 Å². The number of nitrogens with one attached hydrogen (secondary N) is 1. The summed E-state index contributed by atoms with van der Waals surface area (Å²) in [4.78, 5) is 28.2. The molecule has 1 aliphatic heterocycles. The van der Waals surface area contributed by atoms with Crippen LogP contribution in [0.1, 0.15) is 10.6 Å². The summed E-state index contributed by atoms with van der Waals surface area (Å²) in [7, 11) is 0. The van der Waals surface area contributed by atoms with Gasteiger partial charge in [-0.1, -0.05) is 18.2 Å². The highest BCUT2D eigenvalue weighted by molar-refractivity contribution is 9.10. The van der Waals surface area contributed by atoms with Gasteiger partial charge in [-0.2, -0.15) is 0 Å². The first kappa shape index (κ1) is 16.7. The van der Waals surface area contributed by atoms with E-state index < -0.39 is 0 Å². The molecule has 1 fully saturated rings. The molecule has 0 saturated carbocycles. The summed E-state index contributed by atoms with van der Waals surface area (Å²) in [5, 5.41) is 2.87. The van der Waals surface area contributed by atoms with Gasteiger partial charge < -0.3 is 14.6 Å². The van der Waals surface area contributed by atoms with Crippen LogP contribution in [0.3, 0.4) is 0 Å². The Hall–Kier alpha value is -2.12. The number of carbonyl (C=O) groups is 2. The van der Waals surface area contributed by atoms with Crippen LogP contribution in [-0.4, -0.2) is 54.3 Å². The molecule has 2 aromatic rings. The Bertz CT molecular complexity index is 709. The lowest BCUT2D eigenvalue weighted by molar-refractivity contribution is -0.117. The fraction of sp³-hybridized carbons (Fsp3) is 0.294. The third-order valence-corrected chi connectivity index (χ3v) is 4.29. The molecule has 0 unspecified atom stereocenters. The van der Waals surface area contributed by atoms with Crippen molar-refractivity contribution in [2.45, 2.75) is 0 Å². The van der Waals surface area contributed by atoms with Crippen LogP contribution >= 0.6 is 15.9 Å². The zero-order chi connectivity index (χ0) is 16.9. The van der Waals surface area contributed by atoms with Crippen LogP contribution in [0.2, 0.25) is 0 Å². The third kappa shape index (κ3) is 4.24. The van der Waals surface area contributed by atoms with E-state index in [0.717, 1.165) is 5.69 Å². The molecule has 3 rings (SSSR count). The molecule has 2 amide bonds. The second kappa shape index (κ2) is 7.63. The average molecular weight is 392 g/mol. The number of halogens is 1. The number of para-hydroxylation sites is 1. The van der Waals surface area contributed by atoms with Gasteiger partial charge in [-0.3, -0.25) is 14.5 Å². The van der Waals surface area contributed by atoms with Gasteiger partial charge in [-0.25, -0.2) is 0 Å². The molecule has 0 bridgehead atoms. The van der Waals surface area contributed by atoms with Gasteiger partial charge in [0.25, 0.3) is 5.91 Å². The highest BCUT2D eigenvalue weighted by Crippen LogP contribution is 2.16. The van der Waals surface area contributed by atoms with Crippen molar-refractivity contribution in [3.8, 4) is 0 Å². The van der Waals surface area contributed by atoms with Crippen LogP contribution in [0.5, 0.6) is 0 Å². The van der Waals surface area contributed by atoms with Gasteiger partial charge in [0.15, 0.2) is 10.4 Å². The standard InChI is InChI=1S/C17H18BrN3O3/c18-15-7-6-14(24-15)17(23)21-10-8-20(9-11-21)12-16(22)19-13-4-2-1-3-5-13/h1-7H,8-12H2,(H,19,22). The molecule has 1 aromatic heterocycles. The van der Waals surface area contributed by atoms with Gasteiger partial charge in [-0.05, 0) is 40.2 Å². The number of anilines is 1. The monoisotopic (exact) mass is 391 g/mol. The largest absolute Gasteiger partial charge is 0.444 e. The average Bonchev–Trinajstić information content (AvgIpc) is 3.02. The van der Waals surface area contributed by atoms with Crippen molar-refractivity contribution >= 4 is 33.4 Å². The van der Waals surface area contributed by atoms with Crippen molar-refractivity contribution in [2.75, 3.05) is 38.0 Å². The SMILES string of the molecule is O=C(CN1CCN(C(=O)c2ccc(Br)o2)CC1)Nc1ccccc1. The summed E-state index contributed by atoms with van der Waals surface area (Å²) in [5.41, 5.74) is 0.791. The summed E-state index contributed by atoms with van der Waals surface area (Å²) < 4.78 is 5.85. The molecule has 0 aliphatic carbocycles. The molecule has 1 aromatic carbocycles. The number of carbonyl (C=O) groups excluding carboxylic acids is 2. The Kier molecular flexibility index (Phi) is 5.32. The van der Waals surface area contributed by atoms with Crippen LogP contribution in [0.25, 0.3) is 0 Å². The molecule has 0 atom stereocenters. The Morgan fingerprint density at radius 3 is 2.38 bits per heavy atom. The van der Waals surface area contributed by atoms with Crippen molar-refractivity contribution < 1.29 is 14.0 Å². The zero-order valence-electron chi connectivity index (χ0n) is 13.1. The first-order chi connectivity index (χ1) is 11.6. The molecule has 0 radical (unpaired) electrons. The van der Waals surface area contributed by atoms with Crippen LogP contribution in [-0.2, 0) is 4.79 Å². The maximum atomic E-state index is 12.3. The quantitative estimate of drug-likeness (QED) is 0.868. The van der Waals surface area contributed by atoms with E-state index in [1.807, 2.05) is 35.2 Å². The maximum Gasteiger partial charge on any atom is 0.289 e. The third-order valence-electron chi connectivity index (χ3n) is 3.87. The highest BCUT2D eigenvalue weighted by atomic mass is 79.9. The van der Waals surface area contributed by atoms with Crippen LogP contribution in [0.4, 0.5) is 5.69 Å². The predicted octanol–water partition coefficient (Wildman–Crippen LogP) is 2.44. The van der Waals surface area contributed by atoms with E-state index >= 15 is 0 Å². The molecule has 7 heteroatoms. The van der Waals surface area contributed by atoms with Gasteiger partial charge in [0.1, 0.15) is 0 Å². The lowest BCUT2D eigenvalue weighted by atomic mass is 10.2. The Labute approximate surface area is 148 Å². The lowest BCUT2D eigenvalue weighted by Crippen LogP contribution is -2.50. The number of nitrogens with zero attached hydrogens (tertiary/aromatic N) is 2. The van der Waals surface area contributed by atoms with Crippen LogP contribution < -0.4 is 5.32 Å². The number of hydrogen-bond donors (Lipinski definition) is 1. The summed E-state index contributed by atoms with van der Waals surface area (Å²) in [6.45, 7) is 2.81. The maximum absolute atomic E-state index is 12.3. The summed E-state index contributed by atoms with van der Waals surface area (Å²) >= 11 is 3.20. The first-order valence-corrected chi connectivity index (χ1v) is 8.53. The number of amides is 2. The lowest BCUT2D eigenvalue weighted by Gasteiger charge is -2.33. The minimum Gasteiger partial charge on any atom is -0.444 e. The molecule has 0 spiro atoms. The normalized spacial score (nSPS) is 15.3. The zero-order valence-corrected chi connectivity index (χ0v) is 14.7. The molecule has 2 heterocycles. The van der Waals surface area contributed by atoms with Gasteiger partial charge >= 0.3 is 0 Å². The van der Waals surface area contributed by atoms with Crippen molar-refractivity contribution in [2.24, 2.45) is 0 Å². The topological polar surface area (TPSA) is 65.8 Å². The van der Waals surface area contributed by atoms with Crippen molar-refractivity contribution in [1.82, 2.24) is 9.80 Å². The Balaban J connectivity index is 1.46. The molecular formula is C17H18BrN3O3. The number of rotatable bonds is 4. The van der Waals surface area contributed by atoms with Gasteiger partial charge in [0, 0.05) is 31.9 Å². The molecular weight excluding hydrogens is 374 g/mol.